The quantitative estimate of drug-likeness (QED) is 0.922. The zero-order valence-electron chi connectivity index (χ0n) is 22.7. The molecule has 4 heteroatoms. The number of fused-ring (bicyclic) bond motifs is 3. The van der Waals surface area contributed by atoms with Crippen LogP contribution >= 0.6 is 0 Å². The summed E-state index contributed by atoms with van der Waals surface area (Å²) in [5.41, 5.74) is 0.647. The highest BCUT2D eigenvalue weighted by Crippen LogP contribution is 2.43. The van der Waals surface area contributed by atoms with Gasteiger partial charge in [-0.15, -0.1) is 0 Å². The van der Waals surface area contributed by atoms with E-state index in [1.165, 1.54) is 14.2 Å². The van der Waals surface area contributed by atoms with Crippen LogP contribution in [0.25, 0.3) is 0 Å². The highest BCUT2D eigenvalue weighted by Gasteiger charge is 2.38. The Balaban J connectivity index is 2.09. The summed E-state index contributed by atoms with van der Waals surface area (Å²) in [5, 5.41) is 10.9. The van der Waals surface area contributed by atoms with E-state index >= 15 is 0 Å². The van der Waals surface area contributed by atoms with Crippen molar-refractivity contribution >= 4 is 0 Å². The second-order valence-corrected chi connectivity index (χ2v) is 5.96. The summed E-state index contributed by atoms with van der Waals surface area (Å²) in [6.45, 7) is -1.83. The molecule has 1 saturated heterocycles. The molecule has 23 heavy (non-hydrogen) atoms. The van der Waals surface area contributed by atoms with Gasteiger partial charge in [0, 0.05) is 27.3 Å². The van der Waals surface area contributed by atoms with Crippen molar-refractivity contribution in [2.75, 3.05) is 27.3 Å². The number of benzene rings is 1. The first-order valence-electron chi connectivity index (χ1n) is 12.2. The zero-order chi connectivity index (χ0) is 24.4. The van der Waals surface area contributed by atoms with E-state index in [-0.39, 0.29) is 48.7 Å². The summed E-state index contributed by atoms with van der Waals surface area (Å²) in [4.78, 5) is 1.60. The average Bonchev–Trinajstić information content (AvgIpc) is 2.67. The number of hydrogen-bond acceptors (Lipinski definition) is 4. The number of hydrogen-bond donors (Lipinski definition) is 1. The number of piperidine rings is 1. The first kappa shape index (κ1) is 8.72. The minimum Gasteiger partial charge on any atom is -0.493 e. The number of rotatable bonds is 4. The molecule has 1 aromatic carbocycles. The van der Waals surface area contributed by atoms with E-state index in [0.717, 1.165) is 6.92 Å². The van der Waals surface area contributed by atoms with Gasteiger partial charge in [0.2, 0.25) is 0 Å². The van der Waals surface area contributed by atoms with E-state index in [4.69, 9.17) is 20.4 Å². The van der Waals surface area contributed by atoms with Gasteiger partial charge in [0.05, 0.1) is 24.4 Å². The molecular formula is C19H29NO3. The maximum absolute atomic E-state index is 10.9. The van der Waals surface area contributed by atoms with Gasteiger partial charge in [-0.1, -0.05) is 13.8 Å². The molecule has 0 bridgehead atoms. The van der Waals surface area contributed by atoms with Crippen LogP contribution < -0.4 is 9.47 Å². The van der Waals surface area contributed by atoms with Crippen molar-refractivity contribution in [3.05, 3.63) is 23.2 Å². The van der Waals surface area contributed by atoms with Crippen LogP contribution in [-0.4, -0.2) is 43.4 Å². The molecule has 0 amide bonds. The number of methoxy groups -OCH3 is 2. The van der Waals surface area contributed by atoms with Gasteiger partial charge >= 0.3 is 0 Å². The van der Waals surface area contributed by atoms with E-state index in [1.807, 2.05) is 0 Å². The molecule has 4 atom stereocenters. The highest BCUT2D eigenvalue weighted by atomic mass is 16.5. The molecule has 0 spiro atoms. The van der Waals surface area contributed by atoms with Crippen LogP contribution in [0.3, 0.4) is 0 Å². The zero-order valence-corrected chi connectivity index (χ0v) is 13.7. The molecule has 4 nitrogen and oxygen atoms in total. The maximum atomic E-state index is 10.9. The van der Waals surface area contributed by atoms with Crippen LogP contribution in [0.5, 0.6) is 11.5 Å². The van der Waals surface area contributed by atoms with Crippen molar-refractivity contribution < 1.29 is 26.9 Å². The topological polar surface area (TPSA) is 41.9 Å². The Morgan fingerprint density at radius 1 is 1.52 bits per heavy atom. The van der Waals surface area contributed by atoms with Crippen molar-refractivity contribution in [2.45, 2.75) is 45.1 Å². The molecule has 2 aliphatic heterocycles. The Labute approximate surface area is 152 Å². The van der Waals surface area contributed by atoms with E-state index in [9.17, 15) is 6.48 Å². The van der Waals surface area contributed by atoms with E-state index < -0.39 is 37.2 Å². The SMILES string of the molecule is [2H]c1c2c(c([2H])c(OC)c1OC)C1([2H])CC(O)C(C([2H])([2H])C([2H])(C)C([2H])([2H])[2H])CN1CC2. The van der Waals surface area contributed by atoms with Crippen LogP contribution in [0.4, 0.5) is 0 Å². The molecule has 2 aliphatic rings. The lowest BCUT2D eigenvalue weighted by Crippen LogP contribution is -2.48. The Bertz CT molecular complexity index is 905. The predicted molar refractivity (Wildman–Crippen MR) is 91.1 cm³/mol. The summed E-state index contributed by atoms with van der Waals surface area (Å²) >= 11 is 0. The van der Waals surface area contributed by atoms with Gasteiger partial charge in [0.1, 0.15) is 0 Å². The second-order valence-electron chi connectivity index (χ2n) is 5.96. The fourth-order valence-electron chi connectivity index (χ4n) is 3.32. The normalized spacial score (nSPS) is 40.1. The summed E-state index contributed by atoms with van der Waals surface area (Å²) < 4.78 is 85.0. The van der Waals surface area contributed by atoms with E-state index in [1.54, 1.807) is 4.90 Å². The third-order valence-electron chi connectivity index (χ3n) is 4.41. The Kier molecular flexibility index (Phi) is 2.54. The predicted octanol–water partition coefficient (Wildman–Crippen LogP) is 3.03. The van der Waals surface area contributed by atoms with Crippen LogP contribution in [-0.2, 0) is 6.42 Å². The number of nitrogens with zero attached hydrogens (tertiary/aromatic N) is 1. The van der Waals surface area contributed by atoms with Crippen molar-refractivity contribution in [1.29, 1.82) is 0 Å². The third kappa shape index (κ3) is 3.20. The summed E-state index contributed by atoms with van der Waals surface area (Å²) in [6.07, 6.45) is -4.02. The highest BCUT2D eigenvalue weighted by molar-refractivity contribution is 5.49. The molecule has 0 radical (unpaired) electrons. The smallest absolute Gasteiger partial charge is 0.161 e. The molecule has 1 fully saturated rings. The monoisotopic (exact) mass is 328 g/mol. The minimum atomic E-state index is -2.92. The van der Waals surface area contributed by atoms with Gasteiger partial charge in [0.15, 0.2) is 11.5 Å². The molecule has 0 saturated carbocycles. The van der Waals surface area contributed by atoms with Crippen molar-refractivity contribution in [2.24, 2.45) is 11.8 Å². The van der Waals surface area contributed by atoms with E-state index in [0.29, 0.717) is 12.0 Å². The van der Waals surface area contributed by atoms with Gasteiger partial charge in [0.25, 0.3) is 0 Å². The Hall–Kier alpha value is -1.26. The van der Waals surface area contributed by atoms with Gasteiger partial charge < -0.3 is 14.6 Å². The first-order valence-corrected chi connectivity index (χ1v) is 7.73. The summed E-state index contributed by atoms with van der Waals surface area (Å²) in [7, 11) is 2.70. The van der Waals surface area contributed by atoms with Crippen molar-refractivity contribution in [1.82, 2.24) is 4.90 Å². The van der Waals surface area contributed by atoms with Gasteiger partial charge in [-0.05, 0) is 54.2 Å². The molecular weight excluding hydrogens is 290 g/mol. The molecule has 3 rings (SSSR count). The molecule has 0 aliphatic carbocycles. The second kappa shape index (κ2) is 6.70. The molecule has 128 valence electrons. The van der Waals surface area contributed by atoms with Gasteiger partial charge in [-0.25, -0.2) is 0 Å². The first-order chi connectivity index (χ1) is 14.6. The fraction of sp³-hybridized carbons (Fsp3) is 0.684. The number of ether oxygens (including phenoxy) is 2. The van der Waals surface area contributed by atoms with Crippen molar-refractivity contribution in [3.63, 3.8) is 0 Å². The largest absolute Gasteiger partial charge is 0.493 e. The van der Waals surface area contributed by atoms with Crippen LogP contribution in [0, 0.1) is 11.8 Å². The average molecular weight is 328 g/mol. The molecule has 1 aromatic rings. The van der Waals surface area contributed by atoms with Crippen molar-refractivity contribution in [3.8, 4) is 11.5 Å². The van der Waals surface area contributed by atoms with Crippen LogP contribution in [0.1, 0.15) is 56.1 Å². The lowest BCUT2D eigenvalue weighted by Gasteiger charge is -2.46. The van der Waals surface area contributed by atoms with Crippen LogP contribution in [0.15, 0.2) is 12.1 Å². The molecule has 1 N–H and O–H groups in total. The van der Waals surface area contributed by atoms with E-state index in [2.05, 4.69) is 0 Å². The fourth-order valence-corrected chi connectivity index (χ4v) is 3.32. The Morgan fingerprint density at radius 2 is 2.26 bits per heavy atom. The summed E-state index contributed by atoms with van der Waals surface area (Å²) in [6, 6.07) is -1.75. The third-order valence-corrected chi connectivity index (χ3v) is 4.41. The maximum Gasteiger partial charge on any atom is 0.161 e. The Morgan fingerprint density at radius 3 is 2.96 bits per heavy atom. The minimum absolute atomic E-state index is 0.00898. The lowest BCUT2D eigenvalue weighted by atomic mass is 9.79. The molecule has 2 heterocycles. The standard InChI is InChI=1S/C19H29NO3/c1-12(2)7-14-11-20-6-5-13-8-18(22-3)19(23-4)9-15(13)16(20)10-17(14)21/h8-9,12,14,16-17,21H,5-7,10-11H2,1-4H3/i1D3,7D2,8D,9D,12D,16D. The number of aliphatic hydroxyl groups is 1. The molecule has 0 aromatic heterocycles. The van der Waals surface area contributed by atoms with Gasteiger partial charge in [-0.3, -0.25) is 4.90 Å². The lowest BCUT2D eigenvalue weighted by molar-refractivity contribution is -0.0191. The van der Waals surface area contributed by atoms with Crippen LogP contribution in [0.2, 0.25) is 0 Å². The number of aliphatic hydroxyl groups excluding tert-OH is 1. The summed E-state index contributed by atoms with van der Waals surface area (Å²) in [5.74, 6) is -3.60. The van der Waals surface area contributed by atoms with Gasteiger partial charge in [-0.2, -0.15) is 0 Å². The molecule has 4 unspecified atom stereocenters.